The molecule has 0 radical (unpaired) electrons. The first-order valence-electron chi connectivity index (χ1n) is 12.1. The predicted octanol–water partition coefficient (Wildman–Crippen LogP) is 2.30. The summed E-state index contributed by atoms with van der Waals surface area (Å²) in [6.07, 6.45) is 6.04. The van der Waals surface area contributed by atoms with E-state index in [0.717, 1.165) is 43.9 Å². The van der Waals surface area contributed by atoms with Crippen molar-refractivity contribution in [2.75, 3.05) is 44.5 Å². The van der Waals surface area contributed by atoms with Crippen molar-refractivity contribution in [1.82, 2.24) is 35.3 Å². The summed E-state index contributed by atoms with van der Waals surface area (Å²) in [7, 11) is 4.05. The molecule has 2 aromatic heterocycles. The highest BCUT2D eigenvalue weighted by molar-refractivity contribution is 7.59. The SMILES string of the molecule is C=CC(=O)Nc1cnc(Nc2n[nH]c3c2CN(C(=O)N[C@H](CN(C)C)C2CCOCC2)C3(C)C)nc1.S. The summed E-state index contributed by atoms with van der Waals surface area (Å²) in [6.45, 7) is 10.1. The number of fused-ring (bicyclic) bond motifs is 1. The lowest BCUT2D eigenvalue weighted by atomic mass is 9.91. The summed E-state index contributed by atoms with van der Waals surface area (Å²) in [6, 6.07) is -0.0668. The van der Waals surface area contributed by atoms with Crippen molar-refractivity contribution in [3.8, 4) is 0 Å². The van der Waals surface area contributed by atoms with Crippen LogP contribution < -0.4 is 16.0 Å². The number of H-pyrrole nitrogens is 1. The maximum absolute atomic E-state index is 13.5. The van der Waals surface area contributed by atoms with Gasteiger partial charge in [0.2, 0.25) is 11.9 Å². The number of amides is 3. The second-order valence-electron chi connectivity index (χ2n) is 9.95. The van der Waals surface area contributed by atoms with Gasteiger partial charge in [-0.1, -0.05) is 6.58 Å². The second kappa shape index (κ2) is 11.9. The van der Waals surface area contributed by atoms with Gasteiger partial charge in [-0.05, 0) is 52.8 Å². The molecule has 37 heavy (non-hydrogen) atoms. The minimum Gasteiger partial charge on any atom is -0.381 e. The summed E-state index contributed by atoms with van der Waals surface area (Å²) in [5.74, 6) is 0.927. The summed E-state index contributed by atoms with van der Waals surface area (Å²) in [5, 5.41) is 16.5. The van der Waals surface area contributed by atoms with E-state index in [0.29, 0.717) is 29.9 Å². The number of aromatic nitrogens is 4. The molecule has 0 unspecified atom stereocenters. The number of urea groups is 1. The van der Waals surface area contributed by atoms with Gasteiger partial charge in [0.25, 0.3) is 0 Å². The average molecular weight is 532 g/mol. The van der Waals surface area contributed by atoms with Crippen LogP contribution in [-0.2, 0) is 21.6 Å². The van der Waals surface area contributed by atoms with E-state index in [9.17, 15) is 9.59 Å². The number of aromatic amines is 1. The molecule has 12 nitrogen and oxygen atoms in total. The standard InChI is InChI=1S/C24H35N9O3.H2S/c1-6-19(34)27-16-11-25-22(26-12-16)29-21-17-13-33(24(2,3)20(17)30-31-21)23(35)28-18(14-32(4)5)15-7-9-36-10-8-15;/h6,11-12,15,18H,1,7-10,13-14H2,2-5H3,(H,27,34)(H,28,35)(H2,25,26,29,30,31);1H2/t18-;/m1./s1. The lowest BCUT2D eigenvalue weighted by molar-refractivity contribution is -0.111. The molecule has 0 aliphatic carbocycles. The van der Waals surface area contributed by atoms with Crippen molar-refractivity contribution in [2.24, 2.45) is 5.92 Å². The molecule has 4 rings (SSSR count). The van der Waals surface area contributed by atoms with Crippen LogP contribution >= 0.6 is 13.5 Å². The van der Waals surface area contributed by atoms with Gasteiger partial charge in [-0.25, -0.2) is 14.8 Å². The monoisotopic (exact) mass is 531 g/mol. The number of hydrogen-bond acceptors (Lipinski definition) is 8. The van der Waals surface area contributed by atoms with E-state index in [1.807, 2.05) is 32.8 Å². The number of carbonyl (C=O) groups excluding carboxylic acids is 2. The lowest BCUT2D eigenvalue weighted by Crippen LogP contribution is -2.54. The number of nitrogens with one attached hydrogen (secondary N) is 4. The van der Waals surface area contributed by atoms with E-state index in [2.05, 4.69) is 47.6 Å². The third-order valence-corrected chi connectivity index (χ3v) is 6.76. The van der Waals surface area contributed by atoms with Gasteiger partial charge in [0.1, 0.15) is 0 Å². The Bertz CT molecular complexity index is 1100. The van der Waals surface area contributed by atoms with Crippen LogP contribution in [-0.4, -0.2) is 81.8 Å². The largest absolute Gasteiger partial charge is 0.381 e. The van der Waals surface area contributed by atoms with E-state index >= 15 is 0 Å². The first-order chi connectivity index (χ1) is 17.2. The van der Waals surface area contributed by atoms with Crippen molar-refractivity contribution in [3.05, 3.63) is 36.3 Å². The molecule has 1 fully saturated rings. The second-order valence-corrected chi connectivity index (χ2v) is 9.95. The van der Waals surface area contributed by atoms with Gasteiger partial charge in [0.05, 0.1) is 35.9 Å². The van der Waals surface area contributed by atoms with Crippen molar-refractivity contribution < 1.29 is 14.3 Å². The quantitative estimate of drug-likeness (QED) is 0.381. The third kappa shape index (κ3) is 6.40. The summed E-state index contributed by atoms with van der Waals surface area (Å²) in [5.41, 5.74) is 1.63. The number of likely N-dealkylation sites (N-methyl/N-ethyl adjacent to an activating group) is 1. The molecule has 1 atom stereocenters. The van der Waals surface area contributed by atoms with Gasteiger partial charge in [-0.2, -0.15) is 18.6 Å². The maximum atomic E-state index is 13.5. The smallest absolute Gasteiger partial charge is 0.318 e. The molecule has 4 heterocycles. The molecule has 2 aliphatic heterocycles. The Morgan fingerprint density at radius 1 is 1.30 bits per heavy atom. The van der Waals surface area contributed by atoms with Crippen LogP contribution in [0.3, 0.4) is 0 Å². The zero-order valence-corrected chi connectivity index (χ0v) is 22.8. The molecule has 3 amide bonds. The first-order valence-corrected chi connectivity index (χ1v) is 12.1. The molecule has 0 aromatic carbocycles. The fourth-order valence-electron chi connectivity index (χ4n) is 4.76. The maximum Gasteiger partial charge on any atom is 0.318 e. The fraction of sp³-hybridized carbons (Fsp3) is 0.542. The van der Waals surface area contributed by atoms with Gasteiger partial charge in [-0.15, -0.1) is 0 Å². The number of carbonyl (C=O) groups is 2. The molecule has 2 aliphatic rings. The highest BCUT2D eigenvalue weighted by Crippen LogP contribution is 2.41. The Kier molecular flexibility index (Phi) is 9.16. The number of hydrogen-bond donors (Lipinski definition) is 4. The zero-order valence-electron chi connectivity index (χ0n) is 21.8. The molecule has 13 heteroatoms. The van der Waals surface area contributed by atoms with Gasteiger partial charge < -0.3 is 30.5 Å². The topological polar surface area (TPSA) is 140 Å². The Morgan fingerprint density at radius 3 is 2.59 bits per heavy atom. The summed E-state index contributed by atoms with van der Waals surface area (Å²) in [4.78, 5) is 37.4. The minimum atomic E-state index is -0.579. The van der Waals surface area contributed by atoms with E-state index in [4.69, 9.17) is 4.74 Å². The van der Waals surface area contributed by atoms with Gasteiger partial charge in [0.15, 0.2) is 5.82 Å². The van der Waals surface area contributed by atoms with Crippen LogP contribution in [0.25, 0.3) is 0 Å². The molecular weight excluding hydrogens is 494 g/mol. The van der Waals surface area contributed by atoms with Crippen LogP contribution in [0.5, 0.6) is 0 Å². The van der Waals surface area contributed by atoms with Crippen molar-refractivity contribution in [1.29, 1.82) is 0 Å². The molecule has 1 saturated heterocycles. The number of nitrogens with zero attached hydrogens (tertiary/aromatic N) is 5. The van der Waals surface area contributed by atoms with Gasteiger partial charge >= 0.3 is 6.03 Å². The molecule has 2 aromatic rings. The minimum absolute atomic E-state index is 0. The average Bonchev–Trinajstić information content (AvgIpc) is 3.37. The lowest BCUT2D eigenvalue weighted by Gasteiger charge is -2.37. The Balaban J connectivity index is 0.00000380. The number of anilines is 3. The Labute approximate surface area is 224 Å². The van der Waals surface area contributed by atoms with Crippen molar-refractivity contribution in [2.45, 2.75) is 44.8 Å². The summed E-state index contributed by atoms with van der Waals surface area (Å²) >= 11 is 0. The third-order valence-electron chi connectivity index (χ3n) is 6.76. The van der Waals surface area contributed by atoms with E-state index in [-0.39, 0.29) is 31.5 Å². The first kappa shape index (κ1) is 28.4. The molecule has 4 N–H and O–H groups in total. The molecule has 0 bridgehead atoms. The van der Waals surface area contributed by atoms with Gasteiger partial charge in [0, 0.05) is 31.4 Å². The van der Waals surface area contributed by atoms with E-state index in [1.54, 1.807) is 0 Å². The number of ether oxygens (including phenoxy) is 1. The normalized spacial score (nSPS) is 17.5. The fourth-order valence-corrected chi connectivity index (χ4v) is 4.76. The zero-order chi connectivity index (χ0) is 25.9. The van der Waals surface area contributed by atoms with Crippen LogP contribution in [0.2, 0.25) is 0 Å². The Hall–Kier alpha value is -3.16. The number of rotatable bonds is 8. The molecule has 0 spiro atoms. The van der Waals surface area contributed by atoms with Crippen LogP contribution in [0.15, 0.2) is 25.0 Å². The van der Waals surface area contributed by atoms with Crippen LogP contribution in [0.1, 0.15) is 37.9 Å². The summed E-state index contributed by atoms with van der Waals surface area (Å²) < 4.78 is 5.53. The Morgan fingerprint density at radius 2 is 1.97 bits per heavy atom. The predicted molar refractivity (Wildman–Crippen MR) is 146 cm³/mol. The van der Waals surface area contributed by atoms with E-state index < -0.39 is 5.54 Å². The van der Waals surface area contributed by atoms with Crippen LogP contribution in [0.4, 0.5) is 22.2 Å². The van der Waals surface area contributed by atoms with E-state index in [1.165, 1.54) is 18.5 Å². The molecular formula is C24H37N9O3S. The van der Waals surface area contributed by atoms with Crippen molar-refractivity contribution in [3.63, 3.8) is 0 Å². The molecule has 0 saturated carbocycles. The van der Waals surface area contributed by atoms with Gasteiger partial charge in [-0.3, -0.25) is 9.89 Å². The van der Waals surface area contributed by atoms with Crippen LogP contribution in [0, 0.1) is 5.92 Å². The molecule has 202 valence electrons. The highest BCUT2D eigenvalue weighted by atomic mass is 32.1. The highest BCUT2D eigenvalue weighted by Gasteiger charge is 2.44. The van der Waals surface area contributed by atoms with Crippen molar-refractivity contribution >= 4 is 42.9 Å².